The van der Waals surface area contributed by atoms with Crippen LogP contribution in [0.4, 0.5) is 16.2 Å². The van der Waals surface area contributed by atoms with E-state index in [4.69, 9.17) is 28.9 Å². The van der Waals surface area contributed by atoms with Crippen LogP contribution in [0.15, 0.2) is 36.4 Å². The number of urea groups is 1. The highest BCUT2D eigenvalue weighted by molar-refractivity contribution is 6.42. The molecule has 1 heterocycles. The van der Waals surface area contributed by atoms with Gasteiger partial charge < -0.3 is 16.0 Å². The van der Waals surface area contributed by atoms with Gasteiger partial charge in [0.25, 0.3) is 0 Å². The van der Waals surface area contributed by atoms with Gasteiger partial charge in [-0.1, -0.05) is 29.3 Å². The van der Waals surface area contributed by atoms with E-state index >= 15 is 0 Å². The zero-order chi connectivity index (χ0) is 15.0. The molecule has 108 valence electrons. The van der Waals surface area contributed by atoms with Gasteiger partial charge >= 0.3 is 6.03 Å². The summed E-state index contributed by atoms with van der Waals surface area (Å²) in [5.74, 6) is 0. The molecule has 0 saturated heterocycles. The first-order valence-electron chi connectivity index (χ1n) is 6.41. The van der Waals surface area contributed by atoms with Crippen LogP contribution in [0.2, 0.25) is 10.0 Å². The summed E-state index contributed by atoms with van der Waals surface area (Å²) in [6.07, 6.45) is 0. The maximum absolute atomic E-state index is 12.3. The molecule has 0 bridgehead atoms. The van der Waals surface area contributed by atoms with E-state index in [0.717, 1.165) is 11.1 Å². The molecule has 0 aromatic heterocycles. The number of carbonyl (C=O) groups excluding carboxylic acids is 1. The molecule has 1 aliphatic rings. The average molecular weight is 322 g/mol. The number of amides is 2. The van der Waals surface area contributed by atoms with E-state index in [1.54, 1.807) is 23.1 Å². The SMILES string of the molecule is Nc1ccc2c(c1)CN(C(=O)Nc1ccc(Cl)c(Cl)c1)C2. The fraction of sp³-hybridized carbons (Fsp3) is 0.133. The first kappa shape index (κ1) is 14.0. The topological polar surface area (TPSA) is 58.4 Å². The van der Waals surface area contributed by atoms with Crippen molar-refractivity contribution in [2.45, 2.75) is 13.1 Å². The van der Waals surface area contributed by atoms with Crippen molar-refractivity contribution in [3.8, 4) is 0 Å². The normalized spacial score (nSPS) is 13.1. The van der Waals surface area contributed by atoms with Gasteiger partial charge in [-0.25, -0.2) is 4.79 Å². The number of nitrogens with zero attached hydrogens (tertiary/aromatic N) is 1. The highest BCUT2D eigenvalue weighted by Gasteiger charge is 2.23. The third-order valence-corrected chi connectivity index (χ3v) is 4.15. The number of hydrogen-bond acceptors (Lipinski definition) is 2. The third kappa shape index (κ3) is 2.91. The van der Waals surface area contributed by atoms with Crippen LogP contribution >= 0.6 is 23.2 Å². The minimum atomic E-state index is -0.178. The van der Waals surface area contributed by atoms with Gasteiger partial charge in [0.1, 0.15) is 0 Å². The van der Waals surface area contributed by atoms with Gasteiger partial charge in [0.2, 0.25) is 0 Å². The van der Waals surface area contributed by atoms with Crippen LogP contribution in [0.5, 0.6) is 0 Å². The smallest absolute Gasteiger partial charge is 0.322 e. The second-order valence-electron chi connectivity index (χ2n) is 4.94. The number of hydrogen-bond donors (Lipinski definition) is 2. The van der Waals surface area contributed by atoms with Crippen molar-refractivity contribution in [1.82, 2.24) is 4.90 Å². The average Bonchev–Trinajstić information content (AvgIpc) is 2.86. The molecule has 0 radical (unpaired) electrons. The number of nitrogens with two attached hydrogens (primary N) is 1. The second-order valence-corrected chi connectivity index (χ2v) is 5.76. The molecule has 4 nitrogen and oxygen atoms in total. The highest BCUT2D eigenvalue weighted by atomic mass is 35.5. The van der Waals surface area contributed by atoms with E-state index in [-0.39, 0.29) is 6.03 Å². The minimum absolute atomic E-state index is 0.178. The Kier molecular flexibility index (Phi) is 3.66. The Labute approximate surface area is 132 Å². The predicted octanol–water partition coefficient (Wildman–Crippen LogP) is 4.12. The molecule has 0 atom stereocenters. The van der Waals surface area contributed by atoms with Crippen molar-refractivity contribution in [2.24, 2.45) is 0 Å². The number of rotatable bonds is 1. The largest absolute Gasteiger partial charge is 0.399 e. The van der Waals surface area contributed by atoms with Gasteiger partial charge in [0, 0.05) is 24.5 Å². The summed E-state index contributed by atoms with van der Waals surface area (Å²) in [6.45, 7) is 1.12. The Balaban J connectivity index is 1.71. The maximum Gasteiger partial charge on any atom is 0.322 e. The number of anilines is 2. The molecule has 0 aliphatic carbocycles. The minimum Gasteiger partial charge on any atom is -0.399 e. The zero-order valence-corrected chi connectivity index (χ0v) is 12.6. The summed E-state index contributed by atoms with van der Waals surface area (Å²) in [5.41, 5.74) is 9.29. The van der Waals surface area contributed by atoms with Crippen molar-refractivity contribution in [1.29, 1.82) is 0 Å². The lowest BCUT2D eigenvalue weighted by atomic mass is 10.1. The molecule has 6 heteroatoms. The number of fused-ring (bicyclic) bond motifs is 1. The Morgan fingerprint density at radius 3 is 2.57 bits per heavy atom. The first-order chi connectivity index (χ1) is 10.0. The van der Waals surface area contributed by atoms with Crippen LogP contribution in [0.1, 0.15) is 11.1 Å². The fourth-order valence-corrected chi connectivity index (χ4v) is 2.63. The van der Waals surface area contributed by atoms with Gasteiger partial charge in [-0.05, 0) is 41.5 Å². The van der Waals surface area contributed by atoms with Crippen molar-refractivity contribution in [3.63, 3.8) is 0 Å². The Bertz CT molecular complexity index is 718. The van der Waals surface area contributed by atoms with Crippen molar-refractivity contribution < 1.29 is 4.79 Å². The van der Waals surface area contributed by atoms with Gasteiger partial charge in [0.05, 0.1) is 10.0 Å². The Hall–Kier alpha value is -1.91. The molecule has 0 unspecified atom stereocenters. The van der Waals surface area contributed by atoms with Crippen LogP contribution in [0.3, 0.4) is 0 Å². The third-order valence-electron chi connectivity index (χ3n) is 3.41. The number of benzene rings is 2. The monoisotopic (exact) mass is 321 g/mol. The van der Waals surface area contributed by atoms with Crippen LogP contribution < -0.4 is 11.1 Å². The lowest BCUT2D eigenvalue weighted by Gasteiger charge is -2.16. The molecule has 3 rings (SSSR count). The molecule has 21 heavy (non-hydrogen) atoms. The first-order valence-corrected chi connectivity index (χ1v) is 7.17. The van der Waals surface area contributed by atoms with E-state index in [9.17, 15) is 4.79 Å². The van der Waals surface area contributed by atoms with E-state index in [1.807, 2.05) is 18.2 Å². The number of carbonyl (C=O) groups is 1. The molecule has 2 aromatic rings. The van der Waals surface area contributed by atoms with Gasteiger partial charge in [-0.15, -0.1) is 0 Å². The van der Waals surface area contributed by atoms with Crippen molar-refractivity contribution >= 4 is 40.6 Å². The molecule has 2 amide bonds. The van der Waals surface area contributed by atoms with Gasteiger partial charge in [-0.3, -0.25) is 0 Å². The Morgan fingerprint density at radius 1 is 1.05 bits per heavy atom. The summed E-state index contributed by atoms with van der Waals surface area (Å²) in [7, 11) is 0. The van der Waals surface area contributed by atoms with Crippen molar-refractivity contribution in [2.75, 3.05) is 11.1 Å². The zero-order valence-electron chi connectivity index (χ0n) is 11.1. The summed E-state index contributed by atoms with van der Waals surface area (Å²) in [6, 6.07) is 10.5. The summed E-state index contributed by atoms with van der Waals surface area (Å²) >= 11 is 11.8. The number of nitrogen functional groups attached to an aromatic ring is 1. The number of halogens is 2. The van der Waals surface area contributed by atoms with Gasteiger partial charge in [-0.2, -0.15) is 0 Å². The lowest BCUT2D eigenvalue weighted by Crippen LogP contribution is -2.30. The van der Waals surface area contributed by atoms with Gasteiger partial charge in [0.15, 0.2) is 0 Å². The van der Waals surface area contributed by atoms with E-state index in [2.05, 4.69) is 5.32 Å². The second kappa shape index (κ2) is 5.47. The molecule has 0 fully saturated rings. The standard InChI is InChI=1S/C15H13Cl2N3O/c16-13-4-3-12(6-14(13)17)19-15(21)20-7-9-1-2-11(18)5-10(9)8-20/h1-6H,7-8,18H2,(H,19,21). The van der Waals surface area contributed by atoms with Crippen LogP contribution in [0, 0.1) is 0 Å². The van der Waals surface area contributed by atoms with Crippen LogP contribution in [-0.4, -0.2) is 10.9 Å². The molecular weight excluding hydrogens is 309 g/mol. The molecule has 3 N–H and O–H groups in total. The number of nitrogens with one attached hydrogen (secondary N) is 1. The van der Waals surface area contributed by atoms with Crippen LogP contribution in [0.25, 0.3) is 0 Å². The lowest BCUT2D eigenvalue weighted by molar-refractivity contribution is 0.212. The summed E-state index contributed by atoms with van der Waals surface area (Å²) < 4.78 is 0. The van der Waals surface area contributed by atoms with Crippen molar-refractivity contribution in [3.05, 3.63) is 57.6 Å². The summed E-state index contributed by atoms with van der Waals surface area (Å²) in [4.78, 5) is 14.0. The predicted molar refractivity (Wildman–Crippen MR) is 85.6 cm³/mol. The molecule has 0 spiro atoms. The molecule has 0 saturated carbocycles. The highest BCUT2D eigenvalue weighted by Crippen LogP contribution is 2.27. The van der Waals surface area contributed by atoms with E-state index < -0.39 is 0 Å². The van der Waals surface area contributed by atoms with E-state index in [0.29, 0.717) is 34.5 Å². The molecule has 2 aromatic carbocycles. The summed E-state index contributed by atoms with van der Waals surface area (Å²) in [5, 5.41) is 3.68. The molecular formula is C15H13Cl2N3O. The molecule has 1 aliphatic heterocycles. The maximum atomic E-state index is 12.3. The van der Waals surface area contributed by atoms with Crippen LogP contribution in [-0.2, 0) is 13.1 Å². The Morgan fingerprint density at radius 2 is 1.81 bits per heavy atom. The quantitative estimate of drug-likeness (QED) is 0.776. The van der Waals surface area contributed by atoms with E-state index in [1.165, 1.54) is 0 Å². The fourth-order valence-electron chi connectivity index (χ4n) is 2.33.